The smallest absolute Gasteiger partial charge is 0.662 e. The van der Waals surface area contributed by atoms with Crippen LogP contribution in [0, 0.1) is 0 Å². The van der Waals surface area contributed by atoms with E-state index in [0.29, 0.717) is 11.1 Å². The molecule has 0 aromatic carbocycles. The average Bonchev–Trinajstić information content (AvgIpc) is 2.88. The molecule has 2 atom stereocenters. The van der Waals surface area contributed by atoms with Crippen LogP contribution in [0.4, 0.5) is 0 Å². The summed E-state index contributed by atoms with van der Waals surface area (Å²) in [6.07, 6.45) is 2.66. The van der Waals surface area contributed by atoms with Crippen molar-refractivity contribution >= 4 is 41.4 Å². The van der Waals surface area contributed by atoms with Crippen molar-refractivity contribution < 1.29 is 30.7 Å². The molecule has 8 nitrogen and oxygen atoms in total. The number of carbonyl (C=O) groups excluding carboxylic acids is 2. The molecule has 11 heteroatoms. The van der Waals surface area contributed by atoms with Crippen LogP contribution >= 0.6 is 18.5 Å². The van der Waals surface area contributed by atoms with Crippen LogP contribution in [0.3, 0.4) is 0 Å². The van der Waals surface area contributed by atoms with Crippen LogP contribution in [0.2, 0.25) is 0 Å². The summed E-state index contributed by atoms with van der Waals surface area (Å²) < 4.78 is 0. The Morgan fingerprint density at radius 2 is 1.26 bits per heavy atom. The zero-order valence-electron chi connectivity index (χ0n) is 9.43. The summed E-state index contributed by atoms with van der Waals surface area (Å²) in [7, 11) is 4.59. The van der Waals surface area contributed by atoms with Gasteiger partial charge in [0.15, 0.2) is 0 Å². The minimum atomic E-state index is -0.740. The van der Waals surface area contributed by atoms with E-state index >= 15 is 0 Å². The predicted octanol–water partition coefficient (Wildman–Crippen LogP) is 0.202. The van der Waals surface area contributed by atoms with Gasteiger partial charge in [0.1, 0.15) is 11.1 Å². The fourth-order valence-electron chi connectivity index (χ4n) is 0.904. The molecule has 19 heavy (non-hydrogen) atoms. The number of amides is 2. The van der Waals surface area contributed by atoms with Gasteiger partial charge in [-0.3, -0.25) is 0 Å². The average molecular weight is 468 g/mol. The molecule has 2 rings (SSSR count). The van der Waals surface area contributed by atoms with Crippen molar-refractivity contribution in [2.75, 3.05) is 0 Å². The fourth-order valence-corrected chi connectivity index (χ4v) is 1.36. The van der Waals surface area contributed by atoms with Gasteiger partial charge in [0.2, 0.25) is 0 Å². The Labute approximate surface area is 127 Å². The maximum absolute atomic E-state index is 10.2. The summed E-state index contributed by atoms with van der Waals surface area (Å²) in [5.41, 5.74) is 14.8. The van der Waals surface area contributed by atoms with Crippen molar-refractivity contribution in [3.63, 3.8) is 0 Å². The molecule has 0 radical (unpaired) electrons. The van der Waals surface area contributed by atoms with Gasteiger partial charge in [0.25, 0.3) is 0 Å². The maximum atomic E-state index is 10.2. The van der Waals surface area contributed by atoms with Crippen LogP contribution < -0.4 is 11.1 Å². The van der Waals surface area contributed by atoms with E-state index in [1.54, 1.807) is 0 Å². The summed E-state index contributed by atoms with van der Waals surface area (Å²) >= 11 is 0. The molecule has 0 saturated heterocycles. The van der Waals surface area contributed by atoms with Crippen LogP contribution in [0.5, 0.6) is 0 Å². The van der Waals surface area contributed by atoms with Gasteiger partial charge in [0.05, 0.1) is 35.6 Å². The van der Waals surface area contributed by atoms with Gasteiger partial charge in [-0.25, -0.2) is 9.97 Å². The molecule has 0 aliphatic carbocycles. The molecule has 100 valence electrons. The Morgan fingerprint density at radius 3 is 1.37 bits per heavy atom. The number of rotatable bonds is 2. The number of hydrogen-bond acceptors (Lipinski definition) is 4. The molecular weight excluding hydrogens is 458 g/mol. The topological polar surface area (TPSA) is 139 Å². The van der Waals surface area contributed by atoms with Crippen molar-refractivity contribution in [1.29, 1.82) is 0 Å². The number of hydrogen-bond donors (Lipinski definition) is 2. The van der Waals surface area contributed by atoms with Gasteiger partial charge in [0, 0.05) is 0 Å². The number of H-pyrrole nitrogens is 2. The Balaban J connectivity index is 0.000000324. The zero-order chi connectivity index (χ0) is 13.7. The van der Waals surface area contributed by atoms with Gasteiger partial charge in [-0.05, 0) is 0 Å². The van der Waals surface area contributed by atoms with E-state index in [-0.39, 0.29) is 32.5 Å². The van der Waals surface area contributed by atoms with E-state index in [1.165, 1.54) is 12.4 Å². The summed E-state index contributed by atoms with van der Waals surface area (Å²) in [6, 6.07) is 0. The van der Waals surface area contributed by atoms with Crippen molar-refractivity contribution in [3.05, 3.63) is 35.2 Å². The summed E-state index contributed by atoms with van der Waals surface area (Å²) in [5, 5.41) is 0. The van der Waals surface area contributed by atoms with Gasteiger partial charge < -0.3 is 31.0 Å². The first-order chi connectivity index (χ1) is 8.40. The first-order valence-corrected chi connectivity index (χ1v) is 5.68. The third-order valence-corrected chi connectivity index (χ3v) is 2.27. The molecule has 0 aliphatic heterocycles. The van der Waals surface area contributed by atoms with Crippen LogP contribution in [-0.2, 0) is 21.1 Å². The molecule has 2 unspecified atom stereocenters. The van der Waals surface area contributed by atoms with Crippen molar-refractivity contribution in [1.82, 2.24) is 19.9 Å². The first-order valence-electron chi connectivity index (χ1n) is 4.53. The van der Waals surface area contributed by atoms with Crippen molar-refractivity contribution in [2.24, 2.45) is 0 Å². The normalized spacial score (nSPS) is 8.95. The number of carbonyl (C=O) groups is 2. The van der Waals surface area contributed by atoms with Crippen LogP contribution in [0.1, 0.15) is 21.0 Å². The van der Waals surface area contributed by atoms with E-state index in [4.69, 9.17) is 11.5 Å². The minimum Gasteiger partial charge on any atom is -0.662 e. The Kier molecular flexibility index (Phi) is 7.69. The molecular formula is C8H10N6O2P2W. The maximum Gasteiger partial charge on any atom is 2.00 e. The zero-order valence-corrected chi connectivity index (χ0v) is 14.7. The van der Waals surface area contributed by atoms with Crippen LogP contribution in [0.25, 0.3) is 11.5 Å². The van der Waals surface area contributed by atoms with E-state index in [0.717, 1.165) is 0 Å². The molecule has 2 aromatic rings. The molecule has 2 heterocycles. The van der Waals surface area contributed by atoms with Crippen molar-refractivity contribution in [2.45, 2.75) is 0 Å². The number of nitrogens with zero attached hydrogens (tertiary/aromatic N) is 2. The largest absolute Gasteiger partial charge is 2.00 e. The molecule has 4 N–H and O–H groups in total. The van der Waals surface area contributed by atoms with Gasteiger partial charge in [-0.15, -0.1) is 0 Å². The van der Waals surface area contributed by atoms with E-state index in [1.807, 2.05) is 0 Å². The molecule has 2 aromatic heterocycles. The third kappa shape index (κ3) is 6.06. The van der Waals surface area contributed by atoms with Crippen molar-refractivity contribution in [3.8, 4) is 0 Å². The summed E-state index contributed by atoms with van der Waals surface area (Å²) in [6.45, 7) is 0. The molecule has 0 bridgehead atoms. The standard InChI is InChI=1S/2C4H6N3OP.W/c2*5-3(8)2-1-6-4(9)7-2;/h2*1H,9H2,(H3,5,6,7,8);/q;;+2/p-2. The second kappa shape index (κ2) is 8.15. The Bertz CT molecular complexity index is 519. The van der Waals surface area contributed by atoms with E-state index < -0.39 is 11.8 Å². The fraction of sp³-hybridized carbons (Fsp3) is 0. The number of imidazole rings is 2. The van der Waals surface area contributed by atoms with E-state index in [9.17, 15) is 9.59 Å². The third-order valence-electron chi connectivity index (χ3n) is 1.68. The molecule has 0 fully saturated rings. The molecule has 0 spiro atoms. The summed E-state index contributed by atoms with van der Waals surface area (Å²) in [5.74, 6) is -1.48. The summed E-state index contributed by atoms with van der Waals surface area (Å²) in [4.78, 5) is 33.1. The Morgan fingerprint density at radius 1 is 0.947 bits per heavy atom. The van der Waals surface area contributed by atoms with Gasteiger partial charge in [-0.2, -0.15) is 0 Å². The number of aromatic amines is 2. The van der Waals surface area contributed by atoms with Crippen LogP contribution in [0.15, 0.2) is 12.4 Å². The molecule has 0 aliphatic rings. The first kappa shape index (κ1) is 17.9. The minimum absolute atomic E-state index is 0. The SMILES string of the molecule is [NH-]C(=O)c1cnc(P)[nH]1.[NH-]C(=O)c1cnc(P)[nH]1.[W+2]. The predicted molar refractivity (Wildman–Crippen MR) is 73.2 cm³/mol. The number of nitrogens with one attached hydrogen (secondary N) is 4. The monoisotopic (exact) mass is 468 g/mol. The van der Waals surface area contributed by atoms with E-state index in [2.05, 4.69) is 38.4 Å². The second-order valence-electron chi connectivity index (χ2n) is 3.02. The quantitative estimate of drug-likeness (QED) is 0.609. The van der Waals surface area contributed by atoms with Gasteiger partial charge >= 0.3 is 21.1 Å². The number of aromatic nitrogens is 4. The van der Waals surface area contributed by atoms with Gasteiger partial charge in [-0.1, -0.05) is 18.5 Å². The Hall–Kier alpha value is -1.09. The molecule has 2 amide bonds. The van der Waals surface area contributed by atoms with Crippen LogP contribution in [-0.4, -0.2) is 31.8 Å². The second-order valence-corrected chi connectivity index (χ2v) is 4.12. The molecule has 0 saturated carbocycles.